The van der Waals surface area contributed by atoms with Gasteiger partial charge in [0.1, 0.15) is 17.3 Å². The van der Waals surface area contributed by atoms with Crippen LogP contribution in [0.25, 0.3) is 16.0 Å². The van der Waals surface area contributed by atoms with Gasteiger partial charge in [-0.2, -0.15) is 0 Å². The lowest BCUT2D eigenvalue weighted by molar-refractivity contribution is -0.132. The number of thiazole rings is 1. The molecule has 0 saturated carbocycles. The zero-order chi connectivity index (χ0) is 24.7. The summed E-state index contributed by atoms with van der Waals surface area (Å²) in [7, 11) is 1.54. The highest BCUT2D eigenvalue weighted by atomic mass is 32.1. The lowest BCUT2D eigenvalue weighted by Gasteiger charge is -2.23. The van der Waals surface area contributed by atoms with Crippen LogP contribution in [0.15, 0.2) is 72.3 Å². The molecular weight excluding hydrogens is 467 g/mol. The Hall–Kier alpha value is -4.04. The van der Waals surface area contributed by atoms with Gasteiger partial charge in [-0.3, -0.25) is 14.5 Å². The molecule has 1 saturated heterocycles. The number of nitrogens with zero attached hydrogens (tertiary/aromatic N) is 2. The second kappa shape index (κ2) is 8.96. The number of hydrogen-bond acceptors (Lipinski definition) is 6. The van der Waals surface area contributed by atoms with Crippen molar-refractivity contribution >= 4 is 44.1 Å². The minimum atomic E-state index is -0.919. The van der Waals surface area contributed by atoms with Crippen molar-refractivity contribution in [2.75, 3.05) is 12.0 Å². The van der Waals surface area contributed by atoms with Crippen LogP contribution >= 0.6 is 11.3 Å². The molecule has 4 aromatic rings. The Morgan fingerprint density at radius 3 is 2.46 bits per heavy atom. The highest BCUT2D eigenvalue weighted by Gasteiger charge is 2.48. The molecule has 0 spiro atoms. The number of aliphatic hydroxyl groups excluding tert-OH is 1. The van der Waals surface area contributed by atoms with Gasteiger partial charge in [-0.15, -0.1) is 0 Å². The van der Waals surface area contributed by atoms with Crippen molar-refractivity contribution in [3.8, 4) is 5.75 Å². The first-order valence-corrected chi connectivity index (χ1v) is 11.8. The molecule has 2 heterocycles. The molecule has 6 nitrogen and oxygen atoms in total. The van der Waals surface area contributed by atoms with Gasteiger partial charge in [0.05, 0.1) is 28.9 Å². The third-order valence-electron chi connectivity index (χ3n) is 6.05. The maximum atomic E-state index is 13.5. The van der Waals surface area contributed by atoms with Crippen molar-refractivity contribution in [3.63, 3.8) is 0 Å². The number of aliphatic hydroxyl groups is 1. The largest absolute Gasteiger partial charge is 0.507 e. The summed E-state index contributed by atoms with van der Waals surface area (Å²) in [6.07, 6.45) is 0.858. The molecule has 1 fully saturated rings. The predicted octanol–water partition coefficient (Wildman–Crippen LogP) is 5.63. The number of ketones is 1. The number of fused-ring (bicyclic) bond motifs is 1. The Balaban J connectivity index is 1.70. The number of aromatic nitrogens is 1. The molecule has 1 aliphatic heterocycles. The molecule has 35 heavy (non-hydrogen) atoms. The molecular formula is C27H21FN2O4S. The Morgan fingerprint density at radius 2 is 1.80 bits per heavy atom. The van der Waals surface area contributed by atoms with Crippen molar-refractivity contribution in [2.45, 2.75) is 19.4 Å². The smallest absolute Gasteiger partial charge is 0.301 e. The van der Waals surface area contributed by atoms with E-state index in [1.54, 1.807) is 31.4 Å². The molecule has 1 amide bonds. The van der Waals surface area contributed by atoms with Crippen molar-refractivity contribution in [1.82, 2.24) is 4.98 Å². The zero-order valence-corrected chi connectivity index (χ0v) is 19.8. The van der Waals surface area contributed by atoms with Crippen LogP contribution in [0, 0.1) is 5.82 Å². The number of methoxy groups -OCH3 is 1. The Morgan fingerprint density at radius 1 is 1.09 bits per heavy atom. The Labute approximate surface area is 204 Å². The number of hydrogen-bond donors (Lipinski definition) is 1. The van der Waals surface area contributed by atoms with Gasteiger partial charge in [0, 0.05) is 5.56 Å². The number of ether oxygens (including phenoxy) is 1. The lowest BCUT2D eigenvalue weighted by atomic mass is 9.95. The van der Waals surface area contributed by atoms with E-state index in [2.05, 4.69) is 11.9 Å². The van der Waals surface area contributed by atoms with E-state index in [0.717, 1.165) is 22.2 Å². The second-order valence-corrected chi connectivity index (χ2v) is 9.11. The van der Waals surface area contributed by atoms with Gasteiger partial charge >= 0.3 is 5.91 Å². The number of carbonyl (C=O) groups is 2. The highest BCUT2D eigenvalue weighted by Crippen LogP contribution is 2.44. The summed E-state index contributed by atoms with van der Waals surface area (Å²) in [6.45, 7) is 2.06. The molecule has 0 bridgehead atoms. The summed E-state index contributed by atoms with van der Waals surface area (Å²) in [5.74, 6) is -1.86. The number of amides is 1. The van der Waals surface area contributed by atoms with Crippen LogP contribution in [0.5, 0.6) is 5.75 Å². The first-order valence-electron chi connectivity index (χ1n) is 11.0. The van der Waals surface area contributed by atoms with E-state index in [-0.39, 0.29) is 16.9 Å². The molecule has 0 unspecified atom stereocenters. The van der Waals surface area contributed by atoms with Gasteiger partial charge in [-0.1, -0.05) is 36.5 Å². The second-order valence-electron chi connectivity index (χ2n) is 8.10. The number of anilines is 1. The minimum Gasteiger partial charge on any atom is -0.507 e. The maximum absolute atomic E-state index is 13.5. The molecule has 5 rings (SSSR count). The molecule has 176 valence electrons. The number of rotatable bonds is 5. The normalized spacial score (nSPS) is 17.3. The molecule has 0 aliphatic carbocycles. The first-order chi connectivity index (χ1) is 16.9. The van der Waals surface area contributed by atoms with Crippen molar-refractivity contribution in [3.05, 3.63) is 94.8 Å². The van der Waals surface area contributed by atoms with Crippen LogP contribution in [-0.4, -0.2) is 28.9 Å². The SMILES string of the molecule is CCc1ccc2nc(N3C(=O)C(=O)/C(=C(/O)c4ccc(F)cc4)[C@@H]3c3ccc(OC)cc3)sc2c1. The number of aryl methyl sites for hydroxylation is 1. The molecule has 8 heteroatoms. The van der Waals surface area contributed by atoms with Gasteiger partial charge in [0.2, 0.25) is 0 Å². The molecule has 1 N–H and O–H groups in total. The lowest BCUT2D eigenvalue weighted by Crippen LogP contribution is -2.29. The summed E-state index contributed by atoms with van der Waals surface area (Å²) in [6, 6.07) is 17.0. The van der Waals surface area contributed by atoms with E-state index in [0.29, 0.717) is 16.4 Å². The summed E-state index contributed by atoms with van der Waals surface area (Å²) in [5, 5.41) is 11.5. The van der Waals surface area contributed by atoms with Crippen LogP contribution in [0.1, 0.15) is 29.7 Å². The molecule has 3 aromatic carbocycles. The van der Waals surface area contributed by atoms with E-state index < -0.39 is 23.5 Å². The number of halogens is 1. The van der Waals surface area contributed by atoms with Gasteiger partial charge in [-0.25, -0.2) is 9.37 Å². The third-order valence-corrected chi connectivity index (χ3v) is 7.07. The fraction of sp³-hybridized carbons (Fsp3) is 0.148. The van der Waals surface area contributed by atoms with Gasteiger partial charge in [0.25, 0.3) is 5.78 Å². The van der Waals surface area contributed by atoms with Crippen molar-refractivity contribution in [1.29, 1.82) is 0 Å². The van der Waals surface area contributed by atoms with Crippen LogP contribution in [0.2, 0.25) is 0 Å². The van der Waals surface area contributed by atoms with E-state index in [9.17, 15) is 19.1 Å². The standard InChI is InChI=1S/C27H21FN2O4S/c1-3-15-4-13-20-21(14-15)35-27(29-20)30-23(16-7-11-19(34-2)12-8-16)22(25(32)26(30)33)24(31)17-5-9-18(28)10-6-17/h4-14,23,31H,3H2,1-2H3/b24-22+/t23-/m0/s1. The van der Waals surface area contributed by atoms with Crippen LogP contribution in [0.4, 0.5) is 9.52 Å². The van der Waals surface area contributed by atoms with Gasteiger partial charge in [-0.05, 0) is 66.1 Å². The molecule has 1 aromatic heterocycles. The van der Waals surface area contributed by atoms with Gasteiger partial charge < -0.3 is 9.84 Å². The summed E-state index contributed by atoms with van der Waals surface area (Å²) >= 11 is 1.31. The average Bonchev–Trinajstić information content (AvgIpc) is 3.41. The molecule has 0 radical (unpaired) electrons. The summed E-state index contributed by atoms with van der Waals surface area (Å²) in [5.41, 5.74) is 2.61. The van der Waals surface area contributed by atoms with Gasteiger partial charge in [0.15, 0.2) is 5.13 Å². The fourth-order valence-electron chi connectivity index (χ4n) is 4.17. The van der Waals surface area contributed by atoms with Crippen LogP contribution < -0.4 is 9.64 Å². The predicted molar refractivity (Wildman–Crippen MR) is 133 cm³/mol. The van der Waals surface area contributed by atoms with E-state index >= 15 is 0 Å². The van der Waals surface area contributed by atoms with E-state index in [1.807, 2.05) is 18.2 Å². The highest BCUT2D eigenvalue weighted by molar-refractivity contribution is 7.22. The topological polar surface area (TPSA) is 79.7 Å². The summed E-state index contributed by atoms with van der Waals surface area (Å²) in [4.78, 5) is 32.6. The van der Waals surface area contributed by atoms with E-state index in [4.69, 9.17) is 4.74 Å². The van der Waals surface area contributed by atoms with Crippen LogP contribution in [0.3, 0.4) is 0 Å². The van der Waals surface area contributed by atoms with Crippen LogP contribution in [-0.2, 0) is 16.0 Å². The van der Waals surface area contributed by atoms with E-state index in [1.165, 1.54) is 40.5 Å². The fourth-order valence-corrected chi connectivity index (χ4v) is 5.23. The maximum Gasteiger partial charge on any atom is 0.301 e. The zero-order valence-electron chi connectivity index (χ0n) is 19.0. The van der Waals surface area contributed by atoms with Crippen molar-refractivity contribution < 1.29 is 23.8 Å². The Kier molecular flexibility index (Phi) is 5.82. The number of carbonyl (C=O) groups excluding carboxylic acids is 2. The third kappa shape index (κ3) is 3.95. The monoisotopic (exact) mass is 488 g/mol. The molecule has 1 aliphatic rings. The minimum absolute atomic E-state index is 0.0831. The quantitative estimate of drug-likeness (QED) is 0.224. The Bertz CT molecular complexity index is 1480. The average molecular weight is 489 g/mol. The number of benzene rings is 3. The summed E-state index contributed by atoms with van der Waals surface area (Å²) < 4.78 is 19.6. The molecule has 1 atom stereocenters. The number of Topliss-reactive ketones (excluding diaryl/α,β-unsaturated/α-hetero) is 1. The first kappa shape index (κ1) is 22.7. The van der Waals surface area contributed by atoms with Crippen molar-refractivity contribution in [2.24, 2.45) is 0 Å².